The molecule has 0 bridgehead atoms. The molecule has 0 saturated carbocycles. The summed E-state index contributed by atoms with van der Waals surface area (Å²) >= 11 is 0. The van der Waals surface area contributed by atoms with Crippen molar-refractivity contribution >= 4 is 11.4 Å². The number of methoxy groups -OCH3 is 2. The average molecular weight is 452 g/mol. The van der Waals surface area contributed by atoms with Gasteiger partial charge in [0.05, 0.1) is 19.8 Å². The number of para-hydroxylation sites is 1. The smallest absolute Gasteiger partial charge is 0.203 e. The van der Waals surface area contributed by atoms with Gasteiger partial charge >= 0.3 is 0 Å². The third-order valence-electron chi connectivity index (χ3n) is 6.10. The normalized spacial score (nSPS) is 17.6. The van der Waals surface area contributed by atoms with Crippen LogP contribution in [0.4, 0.5) is 13.2 Å². The number of rotatable bonds is 6. The molecule has 1 aliphatic rings. The van der Waals surface area contributed by atoms with Crippen molar-refractivity contribution in [2.45, 2.75) is 19.3 Å². The lowest BCUT2D eigenvalue weighted by Crippen LogP contribution is -2.20. The predicted molar refractivity (Wildman–Crippen MR) is 120 cm³/mol. The van der Waals surface area contributed by atoms with Crippen LogP contribution in [-0.2, 0) is 0 Å². The molecule has 3 aromatic carbocycles. The van der Waals surface area contributed by atoms with Crippen molar-refractivity contribution in [3.8, 4) is 11.5 Å². The number of aryl methyl sites for hydroxylation is 1. The molecule has 0 N–H and O–H groups in total. The molecule has 0 saturated heterocycles. The zero-order valence-corrected chi connectivity index (χ0v) is 18.5. The SMILES string of the molecule is COc1ccccc1C1CC(c2ccc(C)cc2)=CC1C(=O)c1cc(F)c(F)c(OC)c1F. The van der Waals surface area contributed by atoms with Gasteiger partial charge in [-0.25, -0.2) is 8.78 Å². The van der Waals surface area contributed by atoms with E-state index in [1.165, 1.54) is 0 Å². The van der Waals surface area contributed by atoms with Crippen LogP contribution >= 0.6 is 0 Å². The number of ether oxygens (including phenoxy) is 2. The van der Waals surface area contributed by atoms with Crippen LogP contribution in [0.5, 0.6) is 11.5 Å². The van der Waals surface area contributed by atoms with E-state index in [0.717, 1.165) is 29.4 Å². The van der Waals surface area contributed by atoms with Gasteiger partial charge < -0.3 is 9.47 Å². The number of ketones is 1. The fourth-order valence-electron chi connectivity index (χ4n) is 4.40. The third kappa shape index (κ3) is 4.13. The number of hydrogen-bond donors (Lipinski definition) is 0. The number of Topliss-reactive ketones (excluding diaryl/α,β-unsaturated/α-hetero) is 1. The van der Waals surface area contributed by atoms with Crippen LogP contribution in [0.1, 0.15) is 39.4 Å². The lowest BCUT2D eigenvalue weighted by atomic mass is 9.82. The van der Waals surface area contributed by atoms with Crippen molar-refractivity contribution in [2.24, 2.45) is 5.92 Å². The minimum atomic E-state index is -1.46. The van der Waals surface area contributed by atoms with Crippen LogP contribution in [0.25, 0.3) is 5.57 Å². The van der Waals surface area contributed by atoms with Crippen LogP contribution in [-0.4, -0.2) is 20.0 Å². The van der Waals surface area contributed by atoms with E-state index in [4.69, 9.17) is 4.74 Å². The van der Waals surface area contributed by atoms with Gasteiger partial charge in [0, 0.05) is 11.8 Å². The zero-order valence-electron chi connectivity index (χ0n) is 18.5. The van der Waals surface area contributed by atoms with Crippen LogP contribution in [0.2, 0.25) is 0 Å². The van der Waals surface area contributed by atoms with Crippen LogP contribution in [0.15, 0.2) is 60.7 Å². The largest absolute Gasteiger partial charge is 0.496 e. The van der Waals surface area contributed by atoms with Crippen molar-refractivity contribution in [3.63, 3.8) is 0 Å². The molecule has 0 radical (unpaired) electrons. The van der Waals surface area contributed by atoms with Gasteiger partial charge in [-0.1, -0.05) is 54.1 Å². The van der Waals surface area contributed by atoms with Crippen molar-refractivity contribution < 1.29 is 27.4 Å². The molecule has 0 heterocycles. The minimum Gasteiger partial charge on any atom is -0.496 e. The van der Waals surface area contributed by atoms with Crippen molar-refractivity contribution in [1.29, 1.82) is 0 Å². The fraction of sp³-hybridized carbons (Fsp3) is 0.222. The van der Waals surface area contributed by atoms with Gasteiger partial charge in [0.15, 0.2) is 23.2 Å². The van der Waals surface area contributed by atoms with Crippen molar-refractivity contribution in [1.82, 2.24) is 0 Å². The van der Waals surface area contributed by atoms with Gasteiger partial charge in [0.25, 0.3) is 0 Å². The lowest BCUT2D eigenvalue weighted by molar-refractivity contribution is 0.0928. The highest BCUT2D eigenvalue weighted by Gasteiger charge is 2.38. The second-order valence-corrected chi connectivity index (χ2v) is 8.07. The quantitative estimate of drug-likeness (QED) is 0.316. The Hall–Kier alpha value is -3.54. The Morgan fingerprint density at radius 3 is 2.30 bits per heavy atom. The van der Waals surface area contributed by atoms with Gasteiger partial charge in [-0.05, 0) is 42.2 Å². The number of hydrogen-bond acceptors (Lipinski definition) is 3. The number of allylic oxidation sites excluding steroid dienone is 2. The molecule has 0 spiro atoms. The number of carbonyl (C=O) groups excluding carboxylic acids is 1. The summed E-state index contributed by atoms with van der Waals surface area (Å²) in [6.45, 7) is 1.98. The van der Waals surface area contributed by atoms with E-state index in [0.29, 0.717) is 18.2 Å². The molecule has 1 aliphatic carbocycles. The lowest BCUT2D eigenvalue weighted by Gasteiger charge is -2.22. The second kappa shape index (κ2) is 9.14. The molecule has 2 unspecified atom stereocenters. The fourth-order valence-corrected chi connectivity index (χ4v) is 4.40. The molecule has 3 aromatic rings. The summed E-state index contributed by atoms with van der Waals surface area (Å²) in [4.78, 5) is 13.5. The highest BCUT2D eigenvalue weighted by Crippen LogP contribution is 2.47. The number of halogens is 3. The highest BCUT2D eigenvalue weighted by molar-refractivity contribution is 6.02. The molecule has 0 aromatic heterocycles. The molecule has 0 amide bonds. The van der Waals surface area contributed by atoms with E-state index in [1.54, 1.807) is 19.3 Å². The van der Waals surface area contributed by atoms with Gasteiger partial charge in [0.2, 0.25) is 5.82 Å². The first-order chi connectivity index (χ1) is 15.8. The van der Waals surface area contributed by atoms with Gasteiger partial charge in [-0.3, -0.25) is 4.79 Å². The van der Waals surface area contributed by atoms with Crippen molar-refractivity contribution in [3.05, 3.63) is 100 Å². The molecule has 4 rings (SSSR count). The molecule has 0 fully saturated rings. The zero-order chi connectivity index (χ0) is 23.7. The number of carbonyl (C=O) groups is 1. The predicted octanol–water partition coefficient (Wildman–Crippen LogP) is 6.50. The molecule has 2 atom stereocenters. The first kappa shape index (κ1) is 22.6. The summed E-state index contributed by atoms with van der Waals surface area (Å²) in [5, 5.41) is 0. The summed E-state index contributed by atoms with van der Waals surface area (Å²) in [5.74, 6) is -6.15. The number of benzene rings is 3. The Kier molecular flexibility index (Phi) is 6.27. The van der Waals surface area contributed by atoms with E-state index in [-0.39, 0.29) is 5.92 Å². The molecule has 6 heteroatoms. The molecule has 0 aliphatic heterocycles. The van der Waals surface area contributed by atoms with Gasteiger partial charge in [0.1, 0.15) is 5.75 Å². The first-order valence-corrected chi connectivity index (χ1v) is 10.5. The molecule has 3 nitrogen and oxygen atoms in total. The van der Waals surface area contributed by atoms with E-state index >= 15 is 0 Å². The summed E-state index contributed by atoms with van der Waals surface area (Å²) in [5.41, 5.74) is 3.20. The second-order valence-electron chi connectivity index (χ2n) is 8.07. The van der Waals surface area contributed by atoms with Gasteiger partial charge in [-0.2, -0.15) is 4.39 Å². The monoisotopic (exact) mass is 452 g/mol. The maximum absolute atomic E-state index is 15.0. The van der Waals surface area contributed by atoms with E-state index in [2.05, 4.69) is 4.74 Å². The molecule has 170 valence electrons. The Bertz CT molecular complexity index is 1230. The highest BCUT2D eigenvalue weighted by atomic mass is 19.2. The van der Waals surface area contributed by atoms with Gasteiger partial charge in [-0.15, -0.1) is 0 Å². The Labute approximate surface area is 190 Å². The van der Waals surface area contributed by atoms with Crippen molar-refractivity contribution in [2.75, 3.05) is 14.2 Å². The average Bonchev–Trinajstić information content (AvgIpc) is 3.27. The summed E-state index contributed by atoms with van der Waals surface area (Å²) < 4.78 is 53.3. The summed E-state index contributed by atoms with van der Waals surface area (Å²) in [7, 11) is 2.57. The maximum atomic E-state index is 15.0. The minimum absolute atomic E-state index is 0.372. The summed E-state index contributed by atoms with van der Waals surface area (Å²) in [6.07, 6.45) is 2.29. The molecular formula is C27H23F3O3. The molecule has 33 heavy (non-hydrogen) atoms. The van der Waals surface area contributed by atoms with Crippen LogP contribution in [0, 0.1) is 30.3 Å². The Balaban J connectivity index is 1.83. The Morgan fingerprint density at radius 2 is 1.64 bits per heavy atom. The standard InChI is InChI=1S/C27H23F3O3/c1-15-8-10-16(11-9-15)17-12-19(18-6-4-5-7-23(18)32-2)20(13-17)26(31)21-14-22(28)25(30)27(33-3)24(21)29/h4-11,13-14,19-20H,12H2,1-3H3. The third-order valence-corrected chi connectivity index (χ3v) is 6.10. The van der Waals surface area contributed by atoms with Crippen LogP contribution < -0.4 is 9.47 Å². The van der Waals surface area contributed by atoms with E-state index in [9.17, 15) is 18.0 Å². The molecular weight excluding hydrogens is 429 g/mol. The van der Waals surface area contributed by atoms with Crippen LogP contribution in [0.3, 0.4) is 0 Å². The van der Waals surface area contributed by atoms with E-state index in [1.807, 2.05) is 49.4 Å². The maximum Gasteiger partial charge on any atom is 0.203 e. The Morgan fingerprint density at radius 1 is 0.939 bits per heavy atom. The topological polar surface area (TPSA) is 35.5 Å². The van der Waals surface area contributed by atoms with E-state index < -0.39 is 40.5 Å². The summed E-state index contributed by atoms with van der Waals surface area (Å²) in [6, 6.07) is 15.8. The first-order valence-electron chi connectivity index (χ1n) is 10.5.